The van der Waals surface area contributed by atoms with E-state index < -0.39 is 17.6 Å². The molecule has 1 amide bonds. The molecule has 1 aromatic heterocycles. The molecule has 28 heavy (non-hydrogen) atoms. The molecule has 4 nitrogen and oxygen atoms in total. The van der Waals surface area contributed by atoms with E-state index in [2.05, 4.69) is 5.32 Å². The summed E-state index contributed by atoms with van der Waals surface area (Å²) in [7, 11) is 1.57. The minimum absolute atomic E-state index is 0.0211. The van der Waals surface area contributed by atoms with E-state index in [-0.39, 0.29) is 23.1 Å². The Kier molecular flexibility index (Phi) is 5.44. The molecule has 0 aliphatic rings. The Morgan fingerprint density at radius 1 is 1.07 bits per heavy atom. The van der Waals surface area contributed by atoms with Gasteiger partial charge in [0.2, 0.25) is 0 Å². The van der Waals surface area contributed by atoms with Crippen LogP contribution in [0.2, 0.25) is 0 Å². The van der Waals surface area contributed by atoms with Gasteiger partial charge in [-0.05, 0) is 48.9 Å². The van der Waals surface area contributed by atoms with Gasteiger partial charge in [0.1, 0.15) is 11.5 Å². The number of hydrogen-bond donors (Lipinski definition) is 1. The highest BCUT2D eigenvalue weighted by molar-refractivity contribution is 5.92. The maximum Gasteiger partial charge on any atom is 0.416 e. The van der Waals surface area contributed by atoms with Gasteiger partial charge in [-0.15, -0.1) is 0 Å². The van der Waals surface area contributed by atoms with E-state index >= 15 is 0 Å². The zero-order valence-electron chi connectivity index (χ0n) is 15.2. The lowest BCUT2D eigenvalue weighted by molar-refractivity contribution is -0.137. The van der Waals surface area contributed by atoms with Crippen molar-refractivity contribution in [1.29, 1.82) is 0 Å². The maximum atomic E-state index is 12.9. The molecular formula is C21H18F3NO3. The second-order valence-corrected chi connectivity index (χ2v) is 6.21. The lowest BCUT2D eigenvalue weighted by Gasteiger charge is -2.13. The number of rotatable bonds is 5. The van der Waals surface area contributed by atoms with Crippen LogP contribution in [0.3, 0.4) is 0 Å². The van der Waals surface area contributed by atoms with Crippen LogP contribution < -0.4 is 10.1 Å². The molecule has 0 aliphatic heterocycles. The van der Waals surface area contributed by atoms with Crippen LogP contribution in [0.25, 0.3) is 11.3 Å². The highest BCUT2D eigenvalue weighted by Crippen LogP contribution is 2.32. The minimum Gasteiger partial charge on any atom is -0.497 e. The Balaban J connectivity index is 1.73. The van der Waals surface area contributed by atoms with Gasteiger partial charge in [0, 0.05) is 5.56 Å². The van der Waals surface area contributed by atoms with E-state index in [9.17, 15) is 18.0 Å². The Morgan fingerprint density at radius 2 is 1.79 bits per heavy atom. The molecule has 1 heterocycles. The summed E-state index contributed by atoms with van der Waals surface area (Å²) in [6, 6.07) is 14.6. The summed E-state index contributed by atoms with van der Waals surface area (Å²) < 4.78 is 49.2. The van der Waals surface area contributed by atoms with E-state index in [0.717, 1.165) is 17.7 Å². The quantitative estimate of drug-likeness (QED) is 0.630. The first-order chi connectivity index (χ1) is 13.3. The SMILES string of the molecule is COc1ccc(C(C)NC(=O)c2ccc(-c3cccc(C(F)(F)F)c3)o2)cc1. The smallest absolute Gasteiger partial charge is 0.416 e. The molecule has 0 bridgehead atoms. The third-order valence-corrected chi connectivity index (χ3v) is 4.27. The molecule has 3 aromatic rings. The fourth-order valence-corrected chi connectivity index (χ4v) is 2.71. The van der Waals surface area contributed by atoms with Crippen molar-refractivity contribution in [3.05, 3.63) is 77.6 Å². The summed E-state index contributed by atoms with van der Waals surface area (Å²) in [6.45, 7) is 1.82. The van der Waals surface area contributed by atoms with Crippen molar-refractivity contribution >= 4 is 5.91 Å². The molecule has 146 valence electrons. The van der Waals surface area contributed by atoms with Crippen molar-refractivity contribution in [2.24, 2.45) is 0 Å². The molecule has 1 atom stereocenters. The minimum atomic E-state index is -4.45. The number of carbonyl (C=O) groups is 1. The highest BCUT2D eigenvalue weighted by atomic mass is 19.4. The van der Waals surface area contributed by atoms with Gasteiger partial charge < -0.3 is 14.5 Å². The van der Waals surface area contributed by atoms with E-state index in [1.54, 1.807) is 19.2 Å². The van der Waals surface area contributed by atoms with Gasteiger partial charge in [-0.25, -0.2) is 0 Å². The number of ether oxygens (including phenoxy) is 1. The van der Waals surface area contributed by atoms with Crippen molar-refractivity contribution in [3.63, 3.8) is 0 Å². The van der Waals surface area contributed by atoms with E-state index in [1.807, 2.05) is 19.1 Å². The number of amides is 1. The fraction of sp³-hybridized carbons (Fsp3) is 0.190. The van der Waals surface area contributed by atoms with Crippen LogP contribution in [0.15, 0.2) is 65.1 Å². The van der Waals surface area contributed by atoms with Crippen LogP contribution in [0.1, 0.15) is 34.6 Å². The molecule has 0 radical (unpaired) electrons. The van der Waals surface area contributed by atoms with Gasteiger partial charge in [-0.2, -0.15) is 13.2 Å². The number of furan rings is 1. The molecule has 7 heteroatoms. The normalized spacial score (nSPS) is 12.5. The van der Waals surface area contributed by atoms with Crippen LogP contribution >= 0.6 is 0 Å². The lowest BCUT2D eigenvalue weighted by Crippen LogP contribution is -2.26. The summed E-state index contributed by atoms with van der Waals surface area (Å²) in [4.78, 5) is 12.4. The van der Waals surface area contributed by atoms with Gasteiger partial charge in [0.15, 0.2) is 5.76 Å². The van der Waals surface area contributed by atoms with Crippen molar-refractivity contribution < 1.29 is 27.1 Å². The summed E-state index contributed by atoms with van der Waals surface area (Å²) >= 11 is 0. The number of carbonyl (C=O) groups excluding carboxylic acids is 1. The molecule has 0 aliphatic carbocycles. The van der Waals surface area contributed by atoms with Crippen LogP contribution in [-0.2, 0) is 6.18 Å². The summed E-state index contributed by atoms with van der Waals surface area (Å²) in [6.07, 6.45) is -4.45. The zero-order valence-corrected chi connectivity index (χ0v) is 15.2. The van der Waals surface area contributed by atoms with Crippen molar-refractivity contribution in [3.8, 4) is 17.1 Å². The number of alkyl halides is 3. The van der Waals surface area contributed by atoms with Crippen molar-refractivity contribution in [2.75, 3.05) is 7.11 Å². The van der Waals surface area contributed by atoms with Gasteiger partial charge in [-0.1, -0.05) is 24.3 Å². The second-order valence-electron chi connectivity index (χ2n) is 6.21. The van der Waals surface area contributed by atoms with Gasteiger partial charge >= 0.3 is 6.18 Å². The molecule has 0 saturated carbocycles. The van der Waals surface area contributed by atoms with E-state index in [1.165, 1.54) is 24.3 Å². The molecule has 2 aromatic carbocycles. The molecule has 3 rings (SSSR count). The lowest BCUT2D eigenvalue weighted by atomic mass is 10.1. The maximum absolute atomic E-state index is 12.9. The third-order valence-electron chi connectivity index (χ3n) is 4.27. The predicted molar refractivity (Wildman–Crippen MR) is 98.0 cm³/mol. The first-order valence-corrected chi connectivity index (χ1v) is 8.50. The fourth-order valence-electron chi connectivity index (χ4n) is 2.71. The molecule has 1 unspecified atom stereocenters. The summed E-state index contributed by atoms with van der Waals surface area (Å²) in [5.74, 6) is 0.460. The van der Waals surface area contributed by atoms with Crippen LogP contribution in [0, 0.1) is 0 Å². The number of methoxy groups -OCH3 is 1. The molecule has 0 fully saturated rings. The highest BCUT2D eigenvalue weighted by Gasteiger charge is 2.30. The summed E-state index contributed by atoms with van der Waals surface area (Å²) in [5.41, 5.74) is 0.344. The Hall–Kier alpha value is -3.22. The number of benzene rings is 2. The first-order valence-electron chi connectivity index (χ1n) is 8.50. The summed E-state index contributed by atoms with van der Waals surface area (Å²) in [5, 5.41) is 2.80. The number of hydrogen-bond acceptors (Lipinski definition) is 3. The van der Waals surface area contributed by atoms with Gasteiger partial charge in [-0.3, -0.25) is 4.79 Å². The predicted octanol–water partition coefficient (Wildman–Crippen LogP) is 5.47. The number of halogens is 3. The molecule has 0 saturated heterocycles. The monoisotopic (exact) mass is 389 g/mol. The number of nitrogens with one attached hydrogen (secondary N) is 1. The standard InChI is InChI=1S/C21H18F3NO3/c1-13(14-6-8-17(27-2)9-7-14)25-20(26)19-11-10-18(28-19)15-4-3-5-16(12-15)21(22,23)24/h3-13H,1-2H3,(H,25,26). The van der Waals surface area contributed by atoms with Crippen LogP contribution in [0.5, 0.6) is 5.75 Å². The first kappa shape index (κ1) is 19.5. The van der Waals surface area contributed by atoms with Crippen molar-refractivity contribution in [1.82, 2.24) is 5.32 Å². The molecule has 0 spiro atoms. The average molecular weight is 389 g/mol. The van der Waals surface area contributed by atoms with E-state index in [0.29, 0.717) is 5.75 Å². The second kappa shape index (κ2) is 7.80. The third kappa shape index (κ3) is 4.36. The van der Waals surface area contributed by atoms with Crippen LogP contribution in [-0.4, -0.2) is 13.0 Å². The molecular weight excluding hydrogens is 371 g/mol. The zero-order chi connectivity index (χ0) is 20.3. The topological polar surface area (TPSA) is 51.5 Å². The van der Waals surface area contributed by atoms with Gasteiger partial charge in [0.05, 0.1) is 18.7 Å². The van der Waals surface area contributed by atoms with Crippen molar-refractivity contribution in [2.45, 2.75) is 19.1 Å². The molecule has 1 N–H and O–H groups in total. The van der Waals surface area contributed by atoms with Gasteiger partial charge in [0.25, 0.3) is 5.91 Å². The van der Waals surface area contributed by atoms with Crippen LogP contribution in [0.4, 0.5) is 13.2 Å². The Labute approximate surface area is 159 Å². The van der Waals surface area contributed by atoms with E-state index in [4.69, 9.17) is 9.15 Å². The average Bonchev–Trinajstić information content (AvgIpc) is 3.18. The Bertz CT molecular complexity index is 962. The Morgan fingerprint density at radius 3 is 2.43 bits per heavy atom. The largest absolute Gasteiger partial charge is 0.497 e.